The first-order valence-electron chi connectivity index (χ1n) is 13.4. The Balaban J connectivity index is 1.33. The fourth-order valence-corrected chi connectivity index (χ4v) is 6.14. The molecule has 0 unspecified atom stereocenters. The summed E-state index contributed by atoms with van der Waals surface area (Å²) in [7, 11) is -3.19. The smallest absolute Gasteiger partial charge is 0.226 e. The van der Waals surface area contributed by atoms with E-state index in [1.165, 1.54) is 23.4 Å². The summed E-state index contributed by atoms with van der Waals surface area (Å²) in [4.78, 5) is 9.44. The maximum atomic E-state index is 11.9. The Hall–Kier alpha value is -2.43. The van der Waals surface area contributed by atoms with Crippen LogP contribution in [0.5, 0.6) is 11.6 Å². The number of hydrogen-bond donors (Lipinski definition) is 1. The topological polar surface area (TPSA) is 103 Å². The minimum Gasteiger partial charge on any atom is -0.488 e. The Labute approximate surface area is 220 Å². The number of aromatic nitrogens is 2. The van der Waals surface area contributed by atoms with Gasteiger partial charge in [-0.25, -0.2) is 17.7 Å². The number of hydrogen-bond acceptors (Lipinski definition) is 8. The quantitative estimate of drug-likeness (QED) is 0.544. The molecule has 3 fully saturated rings. The van der Waals surface area contributed by atoms with Crippen LogP contribution in [-0.4, -0.2) is 73.5 Å². The summed E-state index contributed by atoms with van der Waals surface area (Å²) in [5.74, 6) is 2.68. The van der Waals surface area contributed by atoms with Crippen LogP contribution in [0.15, 0.2) is 30.5 Å². The lowest BCUT2D eigenvalue weighted by atomic mass is 9.87. The van der Waals surface area contributed by atoms with Crippen LogP contribution >= 0.6 is 0 Å². The number of rotatable bonds is 8. The fraction of sp³-hybridized carbons (Fsp3) is 0.630. The van der Waals surface area contributed by atoms with E-state index >= 15 is 0 Å². The summed E-state index contributed by atoms with van der Waals surface area (Å²) in [5.41, 5.74) is 1.75. The number of nitrogens with zero attached hydrogens (tertiary/aromatic N) is 3. The van der Waals surface area contributed by atoms with Crippen molar-refractivity contribution < 1.29 is 22.6 Å². The molecule has 9 nitrogen and oxygen atoms in total. The molecule has 5 rings (SSSR count). The number of sulfonamides is 1. The molecule has 1 aromatic heterocycles. The summed E-state index contributed by atoms with van der Waals surface area (Å²) >= 11 is 0. The molecule has 1 aromatic carbocycles. The second-order valence-electron chi connectivity index (χ2n) is 10.6. The van der Waals surface area contributed by atoms with Crippen LogP contribution in [0.1, 0.15) is 51.9 Å². The van der Waals surface area contributed by atoms with Crippen LogP contribution < -0.4 is 14.8 Å². The number of anilines is 1. The van der Waals surface area contributed by atoms with E-state index in [1.807, 2.05) is 30.5 Å². The molecule has 2 aliphatic heterocycles. The Morgan fingerprint density at radius 1 is 0.973 bits per heavy atom. The first-order valence-corrected chi connectivity index (χ1v) is 15.3. The molecule has 202 valence electrons. The van der Waals surface area contributed by atoms with Crippen LogP contribution in [0.25, 0.3) is 11.1 Å². The Bertz CT molecular complexity index is 1140. The first-order chi connectivity index (χ1) is 17.8. The lowest BCUT2D eigenvalue weighted by Crippen LogP contribution is -2.41. The summed E-state index contributed by atoms with van der Waals surface area (Å²) in [5, 5.41) is 3.51. The maximum absolute atomic E-state index is 11.9. The molecule has 0 spiro atoms. The molecule has 1 N–H and O–H groups in total. The van der Waals surface area contributed by atoms with Gasteiger partial charge in [-0.15, -0.1) is 0 Å². The van der Waals surface area contributed by atoms with E-state index in [1.54, 1.807) is 0 Å². The zero-order valence-corrected chi connectivity index (χ0v) is 22.6. The second-order valence-corrected chi connectivity index (χ2v) is 12.6. The highest BCUT2D eigenvalue weighted by Crippen LogP contribution is 2.33. The zero-order valence-electron chi connectivity index (χ0n) is 21.8. The summed E-state index contributed by atoms with van der Waals surface area (Å²) in [6, 6.07) is 8.27. The first kappa shape index (κ1) is 26.2. The van der Waals surface area contributed by atoms with E-state index in [9.17, 15) is 8.42 Å². The van der Waals surface area contributed by atoms with E-state index < -0.39 is 10.0 Å². The number of piperidine rings is 1. The van der Waals surface area contributed by atoms with Gasteiger partial charge in [0.15, 0.2) is 0 Å². The molecule has 2 aromatic rings. The minimum atomic E-state index is -3.19. The third-order valence-corrected chi connectivity index (χ3v) is 8.91. The van der Waals surface area contributed by atoms with Gasteiger partial charge in [0, 0.05) is 31.7 Å². The second kappa shape index (κ2) is 11.5. The molecule has 3 heterocycles. The zero-order chi connectivity index (χ0) is 25.8. The van der Waals surface area contributed by atoms with E-state index in [4.69, 9.17) is 19.2 Å². The van der Waals surface area contributed by atoms with Gasteiger partial charge in [-0.3, -0.25) is 0 Å². The van der Waals surface area contributed by atoms with Gasteiger partial charge in [-0.2, -0.15) is 4.98 Å². The van der Waals surface area contributed by atoms with Crippen molar-refractivity contribution in [3.05, 3.63) is 30.5 Å². The SMILES string of the molecule is CS(=O)(=O)N1CCC(Oc2nc(N[C@H]3CC[C@H](C)CC3)ncc2-c2ccc(O[C@H]3CCOC3)cc2)CC1. The largest absolute Gasteiger partial charge is 0.488 e. The fourth-order valence-electron chi connectivity index (χ4n) is 5.26. The monoisotopic (exact) mass is 530 g/mol. The van der Waals surface area contributed by atoms with Crippen molar-refractivity contribution in [2.45, 2.75) is 70.1 Å². The van der Waals surface area contributed by atoms with Crippen molar-refractivity contribution >= 4 is 16.0 Å². The van der Waals surface area contributed by atoms with Crippen molar-refractivity contribution in [2.24, 2.45) is 5.92 Å². The molecule has 10 heteroatoms. The molecular weight excluding hydrogens is 492 g/mol. The van der Waals surface area contributed by atoms with E-state index in [0.29, 0.717) is 50.4 Å². The highest BCUT2D eigenvalue weighted by Gasteiger charge is 2.27. The Morgan fingerprint density at radius 3 is 2.35 bits per heavy atom. The van der Waals surface area contributed by atoms with Gasteiger partial charge < -0.3 is 19.5 Å². The maximum Gasteiger partial charge on any atom is 0.226 e. The predicted molar refractivity (Wildman–Crippen MR) is 142 cm³/mol. The lowest BCUT2D eigenvalue weighted by Gasteiger charge is -2.31. The lowest BCUT2D eigenvalue weighted by molar-refractivity contribution is 0.131. The average molecular weight is 531 g/mol. The number of nitrogens with one attached hydrogen (secondary N) is 1. The Kier molecular flexibility index (Phi) is 8.16. The third kappa shape index (κ3) is 6.91. The third-order valence-electron chi connectivity index (χ3n) is 7.61. The van der Waals surface area contributed by atoms with Crippen molar-refractivity contribution in [2.75, 3.05) is 37.9 Å². The van der Waals surface area contributed by atoms with Crippen molar-refractivity contribution in [1.29, 1.82) is 0 Å². The molecule has 1 atom stereocenters. The molecule has 1 saturated carbocycles. The summed E-state index contributed by atoms with van der Waals surface area (Å²) in [6.45, 7) is 4.57. The minimum absolute atomic E-state index is 0.0963. The van der Waals surface area contributed by atoms with Gasteiger partial charge in [0.2, 0.25) is 21.9 Å². The number of ether oxygens (including phenoxy) is 3. The molecule has 0 amide bonds. The van der Waals surface area contributed by atoms with Crippen LogP contribution in [0.4, 0.5) is 5.95 Å². The van der Waals surface area contributed by atoms with Gasteiger partial charge in [0.05, 0.1) is 25.0 Å². The molecule has 0 bridgehead atoms. The summed E-state index contributed by atoms with van der Waals surface area (Å²) in [6.07, 6.45) is 9.85. The standard InChI is InChI=1S/C27H38N4O5S/c1-19-3-7-21(8-4-19)29-27-28-17-25(20-5-9-22(10-6-20)35-24-13-16-34-18-24)26(30-27)36-23-11-14-31(15-12-23)37(2,32)33/h5-6,9-10,17,19,21,23-24H,3-4,7-8,11-16,18H2,1-2H3,(H,28,29,30)/t19-,21-,24-/m0/s1. The Morgan fingerprint density at radius 2 is 1.70 bits per heavy atom. The van der Waals surface area contributed by atoms with Crippen LogP contribution in [0, 0.1) is 5.92 Å². The van der Waals surface area contributed by atoms with E-state index in [0.717, 1.165) is 48.7 Å². The molecular formula is C27H38N4O5S. The van der Waals surface area contributed by atoms with Gasteiger partial charge in [0.25, 0.3) is 0 Å². The molecule has 1 aliphatic carbocycles. The highest BCUT2D eigenvalue weighted by molar-refractivity contribution is 7.88. The molecule has 2 saturated heterocycles. The van der Waals surface area contributed by atoms with Crippen molar-refractivity contribution in [1.82, 2.24) is 14.3 Å². The van der Waals surface area contributed by atoms with Crippen LogP contribution in [0.3, 0.4) is 0 Å². The van der Waals surface area contributed by atoms with Crippen LogP contribution in [0.2, 0.25) is 0 Å². The van der Waals surface area contributed by atoms with Gasteiger partial charge >= 0.3 is 0 Å². The summed E-state index contributed by atoms with van der Waals surface area (Å²) < 4.78 is 43.2. The van der Waals surface area contributed by atoms with Crippen LogP contribution in [-0.2, 0) is 14.8 Å². The highest BCUT2D eigenvalue weighted by atomic mass is 32.2. The molecule has 3 aliphatic rings. The van der Waals surface area contributed by atoms with Gasteiger partial charge in [0.1, 0.15) is 18.0 Å². The van der Waals surface area contributed by atoms with Gasteiger partial charge in [-0.05, 0) is 62.1 Å². The predicted octanol–water partition coefficient (Wildman–Crippen LogP) is 4.10. The van der Waals surface area contributed by atoms with Gasteiger partial charge in [-0.1, -0.05) is 19.1 Å². The van der Waals surface area contributed by atoms with Crippen molar-refractivity contribution in [3.63, 3.8) is 0 Å². The normalized spacial score (nSPS) is 25.6. The van der Waals surface area contributed by atoms with E-state index in [-0.39, 0.29) is 12.2 Å². The number of benzene rings is 1. The van der Waals surface area contributed by atoms with Crippen molar-refractivity contribution in [3.8, 4) is 22.8 Å². The molecule has 37 heavy (non-hydrogen) atoms. The van der Waals surface area contributed by atoms with E-state index in [2.05, 4.69) is 17.2 Å². The molecule has 0 radical (unpaired) electrons. The average Bonchev–Trinajstić information content (AvgIpc) is 3.39.